The van der Waals surface area contributed by atoms with Gasteiger partial charge in [0.25, 0.3) is 11.8 Å². The number of ether oxygens (including phenoxy) is 1. The largest absolute Gasteiger partial charge is 0.493 e. The van der Waals surface area contributed by atoms with Crippen LogP contribution in [0.2, 0.25) is 0 Å². The number of imide groups is 2. The Bertz CT molecular complexity index is 838. The minimum absolute atomic E-state index is 0.0789. The summed E-state index contributed by atoms with van der Waals surface area (Å²) in [5, 5.41) is 4.78. The van der Waals surface area contributed by atoms with Crippen molar-refractivity contribution in [3.63, 3.8) is 0 Å². The number of unbranched alkanes of at least 4 members (excludes halogenated alkanes) is 3. The van der Waals surface area contributed by atoms with Crippen LogP contribution in [-0.4, -0.2) is 54.1 Å². The molecule has 1 aromatic carbocycles. The summed E-state index contributed by atoms with van der Waals surface area (Å²) in [4.78, 5) is 60.2. The van der Waals surface area contributed by atoms with E-state index in [-0.39, 0.29) is 24.0 Å². The van der Waals surface area contributed by atoms with Gasteiger partial charge in [-0.3, -0.25) is 34.2 Å². The van der Waals surface area contributed by atoms with E-state index in [9.17, 15) is 24.0 Å². The smallest absolute Gasteiger partial charge is 0.266 e. The van der Waals surface area contributed by atoms with Crippen LogP contribution in [0.3, 0.4) is 0 Å². The Morgan fingerprint density at radius 1 is 1.10 bits per heavy atom. The number of carbonyl (C=O) groups excluding carboxylic acids is 5. The van der Waals surface area contributed by atoms with E-state index >= 15 is 0 Å². The highest BCUT2D eigenvalue weighted by atomic mass is 16.5. The predicted molar refractivity (Wildman–Crippen MR) is 101 cm³/mol. The van der Waals surface area contributed by atoms with E-state index in [1.807, 2.05) is 0 Å². The summed E-state index contributed by atoms with van der Waals surface area (Å²) in [5.41, 5.74) is 0.370. The van der Waals surface area contributed by atoms with E-state index in [1.165, 1.54) is 6.07 Å². The molecular weight excluding hydrogens is 378 g/mol. The number of nitrogens with one attached hydrogen (secondary N) is 2. The molecule has 0 radical (unpaired) electrons. The summed E-state index contributed by atoms with van der Waals surface area (Å²) in [7, 11) is 0. The molecule has 1 unspecified atom stereocenters. The topological polar surface area (TPSA) is 122 Å². The monoisotopic (exact) mass is 401 g/mol. The second-order valence-electron chi connectivity index (χ2n) is 6.96. The molecule has 2 N–H and O–H groups in total. The average molecular weight is 401 g/mol. The Morgan fingerprint density at radius 2 is 1.90 bits per heavy atom. The zero-order valence-electron chi connectivity index (χ0n) is 15.9. The summed E-state index contributed by atoms with van der Waals surface area (Å²) in [6, 6.07) is 3.81. The fraction of sp³-hybridized carbons (Fsp3) is 0.450. The van der Waals surface area contributed by atoms with Gasteiger partial charge in [0.2, 0.25) is 18.2 Å². The third-order valence-electron chi connectivity index (χ3n) is 4.99. The molecule has 0 aromatic heterocycles. The maximum absolute atomic E-state index is 12.9. The quantitative estimate of drug-likeness (QED) is 0.339. The van der Waals surface area contributed by atoms with Crippen LogP contribution in [0.4, 0.5) is 0 Å². The Kier molecular flexibility index (Phi) is 6.58. The third-order valence-corrected chi connectivity index (χ3v) is 4.99. The third kappa shape index (κ3) is 4.44. The standard InChI is InChI=1S/C20H23N3O6/c24-12-21-10-3-1-2-4-11-29-15-7-5-6-13-17(15)20(28)23(19(13)27)14-8-9-16(25)22-18(14)26/h5-7,12,14H,1-4,8-11H2,(H,21,24)(H,22,25,26). The van der Waals surface area contributed by atoms with Crippen LogP contribution in [0, 0.1) is 0 Å². The van der Waals surface area contributed by atoms with Crippen LogP contribution in [0.1, 0.15) is 59.2 Å². The van der Waals surface area contributed by atoms with Crippen molar-refractivity contribution in [2.24, 2.45) is 0 Å². The summed E-state index contributed by atoms with van der Waals surface area (Å²) in [5.74, 6) is -1.85. The lowest BCUT2D eigenvalue weighted by Crippen LogP contribution is -2.54. The van der Waals surface area contributed by atoms with Crippen LogP contribution >= 0.6 is 0 Å². The van der Waals surface area contributed by atoms with Gasteiger partial charge in [0, 0.05) is 13.0 Å². The van der Waals surface area contributed by atoms with Gasteiger partial charge in [-0.1, -0.05) is 18.9 Å². The number of carbonyl (C=O) groups is 5. The van der Waals surface area contributed by atoms with Gasteiger partial charge in [-0.2, -0.15) is 0 Å². The molecule has 29 heavy (non-hydrogen) atoms. The molecule has 2 heterocycles. The van der Waals surface area contributed by atoms with Gasteiger partial charge in [-0.05, 0) is 31.4 Å². The predicted octanol–water partition coefficient (Wildman–Crippen LogP) is 0.773. The summed E-state index contributed by atoms with van der Waals surface area (Å²) in [6.45, 7) is 1.03. The van der Waals surface area contributed by atoms with Gasteiger partial charge in [0.1, 0.15) is 11.8 Å². The maximum atomic E-state index is 12.9. The van der Waals surface area contributed by atoms with Crippen LogP contribution in [0.15, 0.2) is 18.2 Å². The molecule has 2 aliphatic rings. The van der Waals surface area contributed by atoms with Gasteiger partial charge in [0.15, 0.2) is 0 Å². The van der Waals surface area contributed by atoms with Gasteiger partial charge < -0.3 is 10.1 Å². The zero-order chi connectivity index (χ0) is 20.8. The number of hydrogen-bond acceptors (Lipinski definition) is 6. The molecule has 1 fully saturated rings. The number of amides is 5. The van der Waals surface area contributed by atoms with E-state index in [2.05, 4.69) is 10.6 Å². The van der Waals surface area contributed by atoms with E-state index in [0.29, 0.717) is 25.3 Å². The molecule has 0 spiro atoms. The second kappa shape index (κ2) is 9.31. The second-order valence-corrected chi connectivity index (χ2v) is 6.96. The molecule has 9 nitrogen and oxygen atoms in total. The van der Waals surface area contributed by atoms with Crippen LogP contribution in [0.25, 0.3) is 0 Å². The minimum atomic E-state index is -0.993. The number of piperidine rings is 1. The summed E-state index contributed by atoms with van der Waals surface area (Å²) >= 11 is 0. The number of hydrogen-bond donors (Lipinski definition) is 2. The Hall–Kier alpha value is -3.23. The molecule has 1 saturated heterocycles. The van der Waals surface area contributed by atoms with Gasteiger partial charge >= 0.3 is 0 Å². The molecule has 154 valence electrons. The van der Waals surface area contributed by atoms with Crippen molar-refractivity contribution in [1.82, 2.24) is 15.5 Å². The Morgan fingerprint density at radius 3 is 2.66 bits per heavy atom. The first kappa shape index (κ1) is 20.5. The molecular formula is C20H23N3O6. The van der Waals surface area contributed by atoms with Crippen molar-refractivity contribution >= 4 is 30.0 Å². The normalized spacial score (nSPS) is 18.5. The number of fused-ring (bicyclic) bond motifs is 1. The minimum Gasteiger partial charge on any atom is -0.493 e. The zero-order valence-corrected chi connectivity index (χ0v) is 15.9. The highest BCUT2D eigenvalue weighted by Crippen LogP contribution is 2.33. The maximum Gasteiger partial charge on any atom is 0.266 e. The number of nitrogens with zero attached hydrogens (tertiary/aromatic N) is 1. The van der Waals surface area contributed by atoms with Crippen LogP contribution in [-0.2, 0) is 14.4 Å². The highest BCUT2D eigenvalue weighted by molar-refractivity contribution is 6.24. The summed E-state index contributed by atoms with van der Waals surface area (Å²) in [6.07, 6.45) is 4.37. The average Bonchev–Trinajstić information content (AvgIpc) is 2.95. The highest BCUT2D eigenvalue weighted by Gasteiger charge is 2.45. The van der Waals surface area contributed by atoms with Gasteiger partial charge in [0.05, 0.1) is 17.7 Å². The van der Waals surface area contributed by atoms with Crippen LogP contribution in [0.5, 0.6) is 5.75 Å². The SMILES string of the molecule is O=CNCCCCCCOc1cccc2c1C(=O)N(C1CCC(=O)NC1=O)C2=O. The van der Waals surface area contributed by atoms with Crippen molar-refractivity contribution in [2.45, 2.75) is 44.6 Å². The summed E-state index contributed by atoms with van der Waals surface area (Å²) < 4.78 is 5.75. The fourth-order valence-corrected chi connectivity index (χ4v) is 3.53. The van der Waals surface area contributed by atoms with E-state index in [1.54, 1.807) is 12.1 Å². The van der Waals surface area contributed by atoms with E-state index in [4.69, 9.17) is 4.74 Å². The van der Waals surface area contributed by atoms with E-state index in [0.717, 1.165) is 30.6 Å². The number of rotatable bonds is 10. The van der Waals surface area contributed by atoms with Crippen molar-refractivity contribution in [1.29, 1.82) is 0 Å². The van der Waals surface area contributed by atoms with E-state index < -0.39 is 29.7 Å². The lowest BCUT2D eigenvalue weighted by molar-refractivity contribution is -0.136. The first-order valence-electron chi connectivity index (χ1n) is 9.69. The molecule has 3 rings (SSSR count). The molecule has 1 aromatic rings. The van der Waals surface area contributed by atoms with Crippen molar-refractivity contribution < 1.29 is 28.7 Å². The lowest BCUT2D eigenvalue weighted by atomic mass is 10.0. The molecule has 9 heteroatoms. The molecule has 0 bridgehead atoms. The molecule has 0 saturated carbocycles. The Balaban J connectivity index is 1.62. The Labute approximate surface area is 167 Å². The molecule has 2 aliphatic heterocycles. The lowest BCUT2D eigenvalue weighted by Gasteiger charge is -2.27. The number of benzene rings is 1. The van der Waals surface area contributed by atoms with Crippen molar-refractivity contribution in [2.75, 3.05) is 13.2 Å². The molecule has 1 atom stereocenters. The first-order chi connectivity index (χ1) is 14.0. The van der Waals surface area contributed by atoms with Crippen molar-refractivity contribution in [3.8, 4) is 5.75 Å². The first-order valence-corrected chi connectivity index (χ1v) is 9.69. The van der Waals surface area contributed by atoms with Gasteiger partial charge in [-0.15, -0.1) is 0 Å². The fourth-order valence-electron chi connectivity index (χ4n) is 3.53. The van der Waals surface area contributed by atoms with Crippen LogP contribution < -0.4 is 15.4 Å². The molecule has 0 aliphatic carbocycles. The molecule has 5 amide bonds. The van der Waals surface area contributed by atoms with Gasteiger partial charge in [-0.25, -0.2) is 0 Å². The van der Waals surface area contributed by atoms with Crippen molar-refractivity contribution in [3.05, 3.63) is 29.3 Å².